The zero-order chi connectivity index (χ0) is 13.2. The van der Waals surface area contributed by atoms with E-state index in [0.717, 1.165) is 13.0 Å². The van der Waals surface area contributed by atoms with E-state index < -0.39 is 0 Å². The van der Waals surface area contributed by atoms with E-state index in [0.29, 0.717) is 12.2 Å². The predicted octanol–water partition coefficient (Wildman–Crippen LogP) is 2.55. The van der Waals surface area contributed by atoms with Gasteiger partial charge in [0.25, 0.3) is 0 Å². The van der Waals surface area contributed by atoms with Crippen molar-refractivity contribution >= 4 is 11.4 Å². The van der Waals surface area contributed by atoms with Gasteiger partial charge in [-0.2, -0.15) is 0 Å². The molecule has 3 rings (SSSR count). The van der Waals surface area contributed by atoms with E-state index in [4.69, 9.17) is 0 Å². The summed E-state index contributed by atoms with van der Waals surface area (Å²) in [7, 11) is 0. The van der Waals surface area contributed by atoms with Gasteiger partial charge in [-0.05, 0) is 23.6 Å². The Bertz CT molecular complexity index is 628. The van der Waals surface area contributed by atoms with Crippen LogP contribution in [0.3, 0.4) is 0 Å². The average molecular weight is 255 g/mol. The monoisotopic (exact) mass is 255 g/mol. The molecule has 1 aliphatic heterocycles. The summed E-state index contributed by atoms with van der Waals surface area (Å²) in [6.45, 7) is 1.50. The fraction of sp³-hybridized carbons (Fsp3) is 0.214. The van der Waals surface area contributed by atoms with Gasteiger partial charge in [-0.25, -0.2) is 0 Å². The first kappa shape index (κ1) is 11.6. The number of nitrogens with zero attached hydrogens (tertiary/aromatic N) is 3. The molecule has 96 valence electrons. The second-order valence-corrected chi connectivity index (χ2v) is 4.56. The standard InChI is InChI=1S/C14H13N3O2/c18-17(19)14-9-15-7-5-13(14)16-8-6-11-3-1-2-4-12(11)10-16/h1-5,7,9H,6,8,10H2. The Morgan fingerprint density at radius 1 is 1.21 bits per heavy atom. The van der Waals surface area contributed by atoms with Gasteiger partial charge < -0.3 is 4.90 Å². The Kier molecular flexibility index (Phi) is 2.87. The third-order valence-corrected chi connectivity index (χ3v) is 3.45. The lowest BCUT2D eigenvalue weighted by Crippen LogP contribution is -2.30. The third kappa shape index (κ3) is 2.14. The van der Waals surface area contributed by atoms with E-state index in [1.165, 1.54) is 17.3 Å². The quantitative estimate of drug-likeness (QED) is 0.611. The number of hydrogen-bond donors (Lipinski definition) is 0. The van der Waals surface area contributed by atoms with Gasteiger partial charge >= 0.3 is 5.69 Å². The molecule has 0 spiro atoms. The minimum atomic E-state index is -0.372. The van der Waals surface area contributed by atoms with E-state index in [1.807, 2.05) is 17.0 Å². The minimum absolute atomic E-state index is 0.0712. The second kappa shape index (κ2) is 4.68. The van der Waals surface area contributed by atoms with Crippen LogP contribution in [0.15, 0.2) is 42.7 Å². The zero-order valence-corrected chi connectivity index (χ0v) is 10.3. The molecule has 0 radical (unpaired) electrons. The first-order valence-electron chi connectivity index (χ1n) is 6.16. The first-order chi connectivity index (χ1) is 9.25. The molecule has 0 bridgehead atoms. The maximum atomic E-state index is 11.0. The van der Waals surface area contributed by atoms with Crippen molar-refractivity contribution in [3.8, 4) is 0 Å². The maximum absolute atomic E-state index is 11.0. The number of pyridine rings is 1. The molecule has 2 aromatic rings. The molecule has 1 aliphatic rings. The molecule has 0 unspecified atom stereocenters. The highest BCUT2D eigenvalue weighted by Crippen LogP contribution is 2.30. The topological polar surface area (TPSA) is 59.3 Å². The minimum Gasteiger partial charge on any atom is -0.361 e. The highest BCUT2D eigenvalue weighted by molar-refractivity contribution is 5.62. The van der Waals surface area contributed by atoms with Crippen molar-refractivity contribution < 1.29 is 4.92 Å². The molecule has 5 heteroatoms. The number of anilines is 1. The van der Waals surface area contributed by atoms with E-state index >= 15 is 0 Å². The van der Waals surface area contributed by atoms with E-state index in [9.17, 15) is 10.1 Å². The molecule has 0 N–H and O–H groups in total. The molecule has 0 fully saturated rings. The van der Waals surface area contributed by atoms with Crippen molar-refractivity contribution in [2.75, 3.05) is 11.4 Å². The maximum Gasteiger partial charge on any atom is 0.310 e. The van der Waals surface area contributed by atoms with E-state index in [-0.39, 0.29) is 10.6 Å². The molecule has 0 saturated heterocycles. The molecule has 0 atom stereocenters. The van der Waals surface area contributed by atoms with Crippen LogP contribution < -0.4 is 4.90 Å². The summed E-state index contributed by atoms with van der Waals surface area (Å²) in [5.74, 6) is 0. The molecule has 2 heterocycles. The van der Waals surface area contributed by atoms with Gasteiger partial charge in [0.05, 0.1) is 4.92 Å². The SMILES string of the molecule is O=[N+]([O-])c1cnccc1N1CCc2ccccc2C1. The van der Waals surface area contributed by atoms with Crippen LogP contribution in [-0.2, 0) is 13.0 Å². The van der Waals surface area contributed by atoms with Crippen molar-refractivity contribution in [2.24, 2.45) is 0 Å². The average Bonchev–Trinajstić information content (AvgIpc) is 2.46. The largest absolute Gasteiger partial charge is 0.361 e. The molecule has 1 aromatic heterocycles. The number of benzene rings is 1. The molecule has 0 amide bonds. The Morgan fingerprint density at radius 2 is 2.00 bits per heavy atom. The highest BCUT2D eigenvalue weighted by Gasteiger charge is 2.22. The van der Waals surface area contributed by atoms with Crippen molar-refractivity contribution in [2.45, 2.75) is 13.0 Å². The molecular formula is C14H13N3O2. The van der Waals surface area contributed by atoms with Crippen LogP contribution in [0.1, 0.15) is 11.1 Å². The summed E-state index contributed by atoms with van der Waals surface area (Å²) in [6.07, 6.45) is 3.83. The van der Waals surface area contributed by atoms with Crippen LogP contribution in [0.4, 0.5) is 11.4 Å². The smallest absolute Gasteiger partial charge is 0.310 e. The highest BCUT2D eigenvalue weighted by atomic mass is 16.6. The Hall–Kier alpha value is -2.43. The lowest BCUT2D eigenvalue weighted by molar-refractivity contribution is -0.384. The van der Waals surface area contributed by atoms with Gasteiger partial charge in [0, 0.05) is 19.3 Å². The van der Waals surface area contributed by atoms with E-state index in [2.05, 4.69) is 17.1 Å². The molecule has 19 heavy (non-hydrogen) atoms. The number of rotatable bonds is 2. The van der Waals surface area contributed by atoms with Gasteiger partial charge in [-0.3, -0.25) is 15.1 Å². The van der Waals surface area contributed by atoms with Gasteiger partial charge in [-0.15, -0.1) is 0 Å². The third-order valence-electron chi connectivity index (χ3n) is 3.45. The van der Waals surface area contributed by atoms with Crippen LogP contribution in [0, 0.1) is 10.1 Å². The molecule has 1 aromatic carbocycles. The van der Waals surface area contributed by atoms with Gasteiger partial charge in [0.1, 0.15) is 11.9 Å². The lowest BCUT2D eigenvalue weighted by Gasteiger charge is -2.30. The van der Waals surface area contributed by atoms with Gasteiger partial charge in [0.15, 0.2) is 0 Å². The van der Waals surface area contributed by atoms with Crippen molar-refractivity contribution in [3.63, 3.8) is 0 Å². The number of aromatic nitrogens is 1. The first-order valence-corrected chi connectivity index (χ1v) is 6.16. The predicted molar refractivity (Wildman–Crippen MR) is 72.1 cm³/mol. The van der Waals surface area contributed by atoms with E-state index in [1.54, 1.807) is 12.3 Å². The van der Waals surface area contributed by atoms with Crippen LogP contribution in [0.25, 0.3) is 0 Å². The molecular weight excluding hydrogens is 242 g/mol. The van der Waals surface area contributed by atoms with Crippen LogP contribution in [-0.4, -0.2) is 16.5 Å². The lowest BCUT2D eigenvalue weighted by atomic mass is 9.99. The summed E-state index contributed by atoms with van der Waals surface area (Å²) in [5.41, 5.74) is 3.28. The van der Waals surface area contributed by atoms with Gasteiger partial charge in [0.2, 0.25) is 0 Å². The fourth-order valence-corrected chi connectivity index (χ4v) is 2.49. The Morgan fingerprint density at radius 3 is 2.79 bits per heavy atom. The van der Waals surface area contributed by atoms with Gasteiger partial charge in [-0.1, -0.05) is 24.3 Å². The number of hydrogen-bond acceptors (Lipinski definition) is 4. The zero-order valence-electron chi connectivity index (χ0n) is 10.3. The molecule has 0 saturated carbocycles. The van der Waals surface area contributed by atoms with Crippen molar-refractivity contribution in [3.05, 3.63) is 64.0 Å². The van der Waals surface area contributed by atoms with Crippen LogP contribution >= 0.6 is 0 Å². The normalized spacial score (nSPS) is 14.0. The molecule has 5 nitrogen and oxygen atoms in total. The van der Waals surface area contributed by atoms with Crippen molar-refractivity contribution in [1.82, 2.24) is 4.98 Å². The summed E-state index contributed by atoms with van der Waals surface area (Å²) in [5, 5.41) is 11.0. The number of nitro groups is 1. The summed E-state index contributed by atoms with van der Waals surface area (Å²) < 4.78 is 0. The Balaban J connectivity index is 1.95. The van der Waals surface area contributed by atoms with Crippen LogP contribution in [0.5, 0.6) is 0 Å². The molecule has 0 aliphatic carbocycles. The summed E-state index contributed by atoms with van der Waals surface area (Å²) in [6, 6.07) is 9.95. The number of fused-ring (bicyclic) bond motifs is 1. The van der Waals surface area contributed by atoms with Crippen molar-refractivity contribution in [1.29, 1.82) is 0 Å². The van der Waals surface area contributed by atoms with Crippen LogP contribution in [0.2, 0.25) is 0 Å². The second-order valence-electron chi connectivity index (χ2n) is 4.56. The summed E-state index contributed by atoms with van der Waals surface area (Å²) >= 11 is 0. The summed E-state index contributed by atoms with van der Waals surface area (Å²) in [4.78, 5) is 16.6. The fourth-order valence-electron chi connectivity index (χ4n) is 2.49. The Labute approximate surface area is 110 Å².